The van der Waals surface area contributed by atoms with E-state index in [1.54, 1.807) is 42.1 Å². The number of methoxy groups -OCH3 is 1. The standard InChI is InChI=1S/C19H20N2O4/c1-12(8-9-13-10-11-20(2)16(13)19(24)25-3)21-17(22)14-6-4-5-7-15(14)18(21)23/h4-7,10-12H,8-9H2,1-3H3. The number of fused-ring (bicyclic) bond motifs is 1. The van der Waals surface area contributed by atoms with Gasteiger partial charge >= 0.3 is 5.97 Å². The van der Waals surface area contributed by atoms with Gasteiger partial charge in [-0.1, -0.05) is 12.1 Å². The molecule has 1 aromatic heterocycles. The van der Waals surface area contributed by atoms with E-state index in [1.165, 1.54) is 12.0 Å². The second-order valence-corrected chi connectivity index (χ2v) is 6.21. The molecule has 0 aliphatic carbocycles. The highest BCUT2D eigenvalue weighted by Gasteiger charge is 2.37. The Bertz CT molecular complexity index is 818. The maximum absolute atomic E-state index is 12.5. The van der Waals surface area contributed by atoms with Gasteiger partial charge in [0.2, 0.25) is 0 Å². The molecular formula is C19H20N2O4. The largest absolute Gasteiger partial charge is 0.464 e. The number of hydrogen-bond acceptors (Lipinski definition) is 4. The SMILES string of the molecule is COC(=O)c1c(CCC(C)N2C(=O)c3ccccc3C2=O)ccn1C. The molecule has 1 atom stereocenters. The van der Waals surface area contributed by atoms with E-state index >= 15 is 0 Å². The molecule has 3 rings (SSSR count). The molecule has 0 N–H and O–H groups in total. The highest BCUT2D eigenvalue weighted by Crippen LogP contribution is 2.26. The van der Waals surface area contributed by atoms with Crippen molar-refractivity contribution in [2.24, 2.45) is 7.05 Å². The lowest BCUT2D eigenvalue weighted by Gasteiger charge is -2.22. The average Bonchev–Trinajstić information content (AvgIpc) is 3.11. The quantitative estimate of drug-likeness (QED) is 0.619. The molecule has 2 amide bonds. The maximum Gasteiger partial charge on any atom is 0.354 e. The van der Waals surface area contributed by atoms with Gasteiger partial charge < -0.3 is 9.30 Å². The lowest BCUT2D eigenvalue weighted by molar-refractivity contribution is 0.0571. The molecule has 2 aromatic rings. The molecule has 2 heterocycles. The molecule has 6 heteroatoms. The average molecular weight is 340 g/mol. The van der Waals surface area contributed by atoms with Crippen LogP contribution in [0.25, 0.3) is 0 Å². The van der Waals surface area contributed by atoms with Crippen LogP contribution in [0, 0.1) is 0 Å². The third kappa shape index (κ3) is 2.84. The summed E-state index contributed by atoms with van der Waals surface area (Å²) in [5.41, 5.74) is 2.25. The van der Waals surface area contributed by atoms with Crippen LogP contribution in [0.15, 0.2) is 36.5 Å². The minimum Gasteiger partial charge on any atom is -0.464 e. The lowest BCUT2D eigenvalue weighted by Crippen LogP contribution is -2.38. The molecule has 1 unspecified atom stereocenters. The smallest absolute Gasteiger partial charge is 0.354 e. The first-order valence-corrected chi connectivity index (χ1v) is 8.15. The Labute approximate surface area is 146 Å². The predicted octanol–water partition coefficient (Wildman–Crippen LogP) is 2.43. The van der Waals surface area contributed by atoms with Crippen LogP contribution in [0.3, 0.4) is 0 Å². The third-order valence-electron chi connectivity index (χ3n) is 4.63. The Morgan fingerprint density at radius 1 is 1.12 bits per heavy atom. The van der Waals surface area contributed by atoms with Crippen LogP contribution >= 0.6 is 0 Å². The van der Waals surface area contributed by atoms with Crippen molar-refractivity contribution in [3.63, 3.8) is 0 Å². The summed E-state index contributed by atoms with van der Waals surface area (Å²) >= 11 is 0. The Morgan fingerprint density at radius 2 is 1.72 bits per heavy atom. The second kappa shape index (κ2) is 6.55. The molecule has 1 aromatic carbocycles. The second-order valence-electron chi connectivity index (χ2n) is 6.21. The summed E-state index contributed by atoms with van der Waals surface area (Å²) in [6.07, 6.45) is 2.94. The van der Waals surface area contributed by atoms with Crippen molar-refractivity contribution < 1.29 is 19.1 Å². The molecule has 1 aliphatic heterocycles. The molecule has 0 saturated heterocycles. The fourth-order valence-corrected chi connectivity index (χ4v) is 3.26. The van der Waals surface area contributed by atoms with Gasteiger partial charge in [-0.2, -0.15) is 0 Å². The van der Waals surface area contributed by atoms with Crippen LogP contribution in [0.4, 0.5) is 0 Å². The number of benzene rings is 1. The Balaban J connectivity index is 1.75. The van der Waals surface area contributed by atoms with Crippen LogP contribution in [0.1, 0.15) is 50.1 Å². The van der Waals surface area contributed by atoms with E-state index in [-0.39, 0.29) is 17.9 Å². The molecule has 0 saturated carbocycles. The van der Waals surface area contributed by atoms with Crippen LogP contribution < -0.4 is 0 Å². The van der Waals surface area contributed by atoms with Crippen molar-refractivity contribution in [3.8, 4) is 0 Å². The fourth-order valence-electron chi connectivity index (χ4n) is 3.26. The van der Waals surface area contributed by atoms with Gasteiger partial charge in [0.15, 0.2) is 0 Å². The highest BCUT2D eigenvalue weighted by molar-refractivity contribution is 6.21. The molecule has 25 heavy (non-hydrogen) atoms. The van der Waals surface area contributed by atoms with Crippen LogP contribution in [-0.4, -0.2) is 40.4 Å². The number of aromatic nitrogens is 1. The number of aryl methyl sites for hydroxylation is 2. The summed E-state index contributed by atoms with van der Waals surface area (Å²) in [4.78, 5) is 38.2. The van der Waals surface area contributed by atoms with Gasteiger partial charge in [-0.3, -0.25) is 14.5 Å². The Hall–Kier alpha value is -2.89. The molecule has 0 radical (unpaired) electrons. The first-order valence-electron chi connectivity index (χ1n) is 8.15. The zero-order valence-electron chi connectivity index (χ0n) is 14.5. The Morgan fingerprint density at radius 3 is 2.28 bits per heavy atom. The molecule has 6 nitrogen and oxygen atoms in total. The molecule has 130 valence electrons. The summed E-state index contributed by atoms with van der Waals surface area (Å²) in [6.45, 7) is 1.85. The predicted molar refractivity (Wildman–Crippen MR) is 91.5 cm³/mol. The number of carbonyl (C=O) groups excluding carboxylic acids is 3. The van der Waals surface area contributed by atoms with E-state index in [4.69, 9.17) is 4.74 Å². The van der Waals surface area contributed by atoms with Crippen molar-refractivity contribution in [2.45, 2.75) is 25.8 Å². The monoisotopic (exact) mass is 340 g/mol. The molecule has 0 bridgehead atoms. The number of hydrogen-bond donors (Lipinski definition) is 0. The first-order chi connectivity index (χ1) is 12.0. The number of esters is 1. The maximum atomic E-state index is 12.5. The number of nitrogens with zero attached hydrogens (tertiary/aromatic N) is 2. The lowest BCUT2D eigenvalue weighted by atomic mass is 10.1. The van der Waals surface area contributed by atoms with Crippen molar-refractivity contribution in [2.75, 3.05) is 7.11 Å². The summed E-state index contributed by atoms with van der Waals surface area (Å²) in [5, 5.41) is 0. The summed E-state index contributed by atoms with van der Waals surface area (Å²) in [6, 6.07) is 8.46. The molecule has 0 fully saturated rings. The fraction of sp³-hybridized carbons (Fsp3) is 0.316. The highest BCUT2D eigenvalue weighted by atomic mass is 16.5. The topological polar surface area (TPSA) is 68.6 Å². The van der Waals surface area contributed by atoms with Crippen molar-refractivity contribution >= 4 is 17.8 Å². The van der Waals surface area contributed by atoms with Crippen LogP contribution in [0.2, 0.25) is 0 Å². The number of carbonyl (C=O) groups is 3. The van der Waals surface area contributed by atoms with Gasteiger partial charge in [0.25, 0.3) is 11.8 Å². The zero-order valence-corrected chi connectivity index (χ0v) is 14.5. The van der Waals surface area contributed by atoms with Gasteiger partial charge in [-0.15, -0.1) is 0 Å². The molecule has 1 aliphatic rings. The number of amides is 2. The summed E-state index contributed by atoms with van der Waals surface area (Å²) < 4.78 is 6.54. The van der Waals surface area contributed by atoms with Gasteiger partial charge in [0.05, 0.1) is 18.2 Å². The van der Waals surface area contributed by atoms with E-state index in [9.17, 15) is 14.4 Å². The molecule has 0 spiro atoms. The van der Waals surface area contributed by atoms with Gasteiger partial charge in [-0.25, -0.2) is 4.79 Å². The van der Waals surface area contributed by atoms with E-state index in [2.05, 4.69) is 0 Å². The Kier molecular flexibility index (Phi) is 4.44. The number of imide groups is 1. The third-order valence-corrected chi connectivity index (χ3v) is 4.63. The summed E-state index contributed by atoms with van der Waals surface area (Å²) in [5.74, 6) is -0.903. The normalized spacial score (nSPS) is 14.6. The first kappa shape index (κ1) is 17.0. The minimum absolute atomic E-state index is 0.255. The zero-order chi connectivity index (χ0) is 18.1. The van der Waals surface area contributed by atoms with E-state index in [0.717, 1.165) is 5.56 Å². The molecular weight excluding hydrogens is 320 g/mol. The van der Waals surface area contributed by atoms with Gasteiger partial charge in [0.1, 0.15) is 5.69 Å². The number of rotatable bonds is 5. The van der Waals surface area contributed by atoms with E-state index in [0.29, 0.717) is 29.7 Å². The summed E-state index contributed by atoms with van der Waals surface area (Å²) in [7, 11) is 3.13. The number of ether oxygens (including phenoxy) is 1. The van der Waals surface area contributed by atoms with Crippen LogP contribution in [0.5, 0.6) is 0 Å². The van der Waals surface area contributed by atoms with Gasteiger partial charge in [0, 0.05) is 19.3 Å². The van der Waals surface area contributed by atoms with Crippen molar-refractivity contribution in [1.29, 1.82) is 0 Å². The van der Waals surface area contributed by atoms with Crippen molar-refractivity contribution in [3.05, 3.63) is 58.9 Å². The van der Waals surface area contributed by atoms with E-state index in [1.807, 2.05) is 13.0 Å². The van der Waals surface area contributed by atoms with Gasteiger partial charge in [-0.05, 0) is 43.5 Å². The minimum atomic E-state index is -0.393. The van der Waals surface area contributed by atoms with Crippen molar-refractivity contribution in [1.82, 2.24) is 9.47 Å². The van der Waals surface area contributed by atoms with Crippen LogP contribution in [-0.2, 0) is 18.2 Å². The van der Waals surface area contributed by atoms with E-state index < -0.39 is 5.97 Å².